The Labute approximate surface area is 92.0 Å². The molecule has 4 heteroatoms. The van der Waals surface area contributed by atoms with E-state index >= 15 is 0 Å². The molecule has 0 saturated carbocycles. The summed E-state index contributed by atoms with van der Waals surface area (Å²) in [5.41, 5.74) is 10.6. The third kappa shape index (κ3) is 1.41. The quantitative estimate of drug-likeness (QED) is 0.736. The van der Waals surface area contributed by atoms with Crippen molar-refractivity contribution in [2.75, 3.05) is 5.73 Å². The van der Waals surface area contributed by atoms with Crippen molar-refractivity contribution < 1.29 is 0 Å². The molecule has 0 atom stereocenters. The van der Waals surface area contributed by atoms with Gasteiger partial charge in [-0.3, -0.25) is 0 Å². The van der Waals surface area contributed by atoms with Crippen molar-refractivity contribution in [3.05, 3.63) is 28.1 Å². The molecule has 0 spiro atoms. The normalized spacial score (nSPS) is 14.1. The van der Waals surface area contributed by atoms with Gasteiger partial charge in [0.2, 0.25) is 5.95 Å². The van der Waals surface area contributed by atoms with Gasteiger partial charge in [0.1, 0.15) is 0 Å². The predicted molar refractivity (Wildman–Crippen MR) is 61.8 cm³/mol. The fourth-order valence-corrected chi connectivity index (χ4v) is 2.91. The van der Waals surface area contributed by atoms with Crippen molar-refractivity contribution in [2.24, 2.45) is 0 Å². The van der Waals surface area contributed by atoms with Gasteiger partial charge in [-0.2, -0.15) is 11.3 Å². The first kappa shape index (κ1) is 8.85. The van der Waals surface area contributed by atoms with Crippen molar-refractivity contribution in [1.29, 1.82) is 0 Å². The molecular formula is C11H11N3S. The van der Waals surface area contributed by atoms with E-state index in [4.69, 9.17) is 5.73 Å². The van der Waals surface area contributed by atoms with Crippen molar-refractivity contribution >= 4 is 17.3 Å². The van der Waals surface area contributed by atoms with Crippen LogP contribution in [0.2, 0.25) is 0 Å². The minimum absolute atomic E-state index is 0.368. The average Bonchev–Trinajstić information content (AvgIpc) is 2.62. The summed E-state index contributed by atoms with van der Waals surface area (Å²) in [6.45, 7) is 0. The van der Waals surface area contributed by atoms with E-state index in [0.29, 0.717) is 5.95 Å². The van der Waals surface area contributed by atoms with Crippen LogP contribution in [0.25, 0.3) is 11.3 Å². The number of anilines is 1. The average molecular weight is 217 g/mol. The summed E-state index contributed by atoms with van der Waals surface area (Å²) in [5, 5.41) is 4.37. The van der Waals surface area contributed by atoms with Gasteiger partial charge in [-0.25, -0.2) is 9.97 Å². The molecule has 3 nitrogen and oxygen atoms in total. The largest absolute Gasteiger partial charge is 0.368 e. The summed E-state index contributed by atoms with van der Waals surface area (Å²) >= 11 is 1.73. The highest BCUT2D eigenvalue weighted by molar-refractivity contribution is 7.08. The van der Waals surface area contributed by atoms with Gasteiger partial charge in [-0.05, 0) is 35.8 Å². The Hall–Kier alpha value is -1.42. The van der Waals surface area contributed by atoms with E-state index in [0.717, 1.165) is 18.5 Å². The number of fused-ring (bicyclic) bond motifs is 3. The smallest absolute Gasteiger partial charge is 0.220 e. The molecule has 2 N–H and O–H groups in total. The topological polar surface area (TPSA) is 51.8 Å². The Morgan fingerprint density at radius 1 is 1.20 bits per heavy atom. The van der Waals surface area contributed by atoms with E-state index < -0.39 is 0 Å². The molecular weight excluding hydrogens is 206 g/mol. The Balaban J connectivity index is 2.27. The van der Waals surface area contributed by atoms with Gasteiger partial charge in [0, 0.05) is 17.1 Å². The van der Waals surface area contributed by atoms with Crippen LogP contribution in [0.4, 0.5) is 5.95 Å². The van der Waals surface area contributed by atoms with Crippen molar-refractivity contribution in [3.63, 3.8) is 0 Å². The maximum atomic E-state index is 5.64. The lowest BCUT2D eigenvalue weighted by molar-refractivity contribution is 0.831. The van der Waals surface area contributed by atoms with Crippen LogP contribution in [-0.2, 0) is 12.8 Å². The standard InChI is InChI=1S/C11H11N3S/c12-11-13-4-7-2-1-3-8-5-15-6-9(8)10(7)14-11/h4-6H,1-3H2,(H2,12,13,14). The molecule has 0 aliphatic heterocycles. The van der Waals surface area contributed by atoms with Crippen LogP contribution >= 0.6 is 11.3 Å². The minimum Gasteiger partial charge on any atom is -0.368 e. The minimum atomic E-state index is 0.368. The van der Waals surface area contributed by atoms with Crippen LogP contribution in [0.3, 0.4) is 0 Å². The fourth-order valence-electron chi connectivity index (χ4n) is 2.03. The lowest BCUT2D eigenvalue weighted by atomic mass is 10.1. The van der Waals surface area contributed by atoms with E-state index in [2.05, 4.69) is 20.7 Å². The summed E-state index contributed by atoms with van der Waals surface area (Å²) in [6, 6.07) is 0. The zero-order valence-corrected chi connectivity index (χ0v) is 9.05. The number of nitrogens with two attached hydrogens (primary N) is 1. The molecule has 1 aliphatic carbocycles. The van der Waals surface area contributed by atoms with E-state index in [1.54, 1.807) is 11.3 Å². The zero-order chi connectivity index (χ0) is 10.3. The summed E-state index contributed by atoms with van der Waals surface area (Å²) in [5.74, 6) is 0.368. The van der Waals surface area contributed by atoms with E-state index in [1.165, 1.54) is 23.1 Å². The SMILES string of the molecule is Nc1ncc2c(n1)-c1cscc1CCC2. The molecule has 0 radical (unpaired) electrons. The van der Waals surface area contributed by atoms with Crippen molar-refractivity contribution in [2.45, 2.75) is 19.3 Å². The Bertz CT molecular complexity index is 504. The van der Waals surface area contributed by atoms with Gasteiger partial charge in [-0.1, -0.05) is 0 Å². The van der Waals surface area contributed by atoms with Crippen LogP contribution in [0, 0.1) is 0 Å². The molecule has 0 saturated heterocycles. The number of thiophene rings is 1. The first-order chi connectivity index (χ1) is 7.34. The Kier molecular flexibility index (Phi) is 1.95. The van der Waals surface area contributed by atoms with Crippen LogP contribution in [0.1, 0.15) is 17.5 Å². The highest BCUT2D eigenvalue weighted by Gasteiger charge is 2.16. The maximum absolute atomic E-state index is 5.64. The molecule has 15 heavy (non-hydrogen) atoms. The number of nitrogen functional groups attached to an aromatic ring is 1. The third-order valence-electron chi connectivity index (χ3n) is 2.77. The monoisotopic (exact) mass is 217 g/mol. The summed E-state index contributed by atoms with van der Waals surface area (Å²) < 4.78 is 0. The number of aryl methyl sites for hydroxylation is 2. The second-order valence-corrected chi connectivity index (χ2v) is 4.51. The van der Waals surface area contributed by atoms with Crippen LogP contribution in [-0.4, -0.2) is 9.97 Å². The van der Waals surface area contributed by atoms with E-state index in [-0.39, 0.29) is 0 Å². The van der Waals surface area contributed by atoms with Gasteiger partial charge in [0.15, 0.2) is 0 Å². The number of aromatic nitrogens is 2. The second-order valence-electron chi connectivity index (χ2n) is 3.77. The summed E-state index contributed by atoms with van der Waals surface area (Å²) in [7, 11) is 0. The van der Waals surface area contributed by atoms with Gasteiger partial charge in [0.25, 0.3) is 0 Å². The molecule has 76 valence electrons. The molecule has 2 heterocycles. The molecule has 0 fully saturated rings. The fraction of sp³-hybridized carbons (Fsp3) is 0.273. The Morgan fingerprint density at radius 2 is 2.07 bits per heavy atom. The number of rotatable bonds is 0. The molecule has 0 bridgehead atoms. The van der Waals surface area contributed by atoms with Gasteiger partial charge < -0.3 is 5.73 Å². The molecule has 0 unspecified atom stereocenters. The number of nitrogens with zero attached hydrogens (tertiary/aromatic N) is 2. The first-order valence-electron chi connectivity index (χ1n) is 5.01. The molecule has 2 aromatic heterocycles. The maximum Gasteiger partial charge on any atom is 0.220 e. The van der Waals surface area contributed by atoms with E-state index in [1.807, 2.05) is 6.20 Å². The molecule has 3 rings (SSSR count). The van der Waals surface area contributed by atoms with Gasteiger partial charge in [0.05, 0.1) is 5.69 Å². The molecule has 2 aromatic rings. The molecule has 1 aliphatic rings. The van der Waals surface area contributed by atoms with E-state index in [9.17, 15) is 0 Å². The van der Waals surface area contributed by atoms with Crippen molar-refractivity contribution in [1.82, 2.24) is 9.97 Å². The van der Waals surface area contributed by atoms with Crippen LogP contribution in [0.5, 0.6) is 0 Å². The highest BCUT2D eigenvalue weighted by Crippen LogP contribution is 2.33. The second kappa shape index (κ2) is 3.31. The lowest BCUT2D eigenvalue weighted by Crippen LogP contribution is -1.99. The lowest BCUT2D eigenvalue weighted by Gasteiger charge is -2.04. The third-order valence-corrected chi connectivity index (χ3v) is 3.57. The van der Waals surface area contributed by atoms with Crippen LogP contribution < -0.4 is 5.73 Å². The number of hydrogen-bond donors (Lipinski definition) is 1. The Morgan fingerprint density at radius 3 is 3.00 bits per heavy atom. The predicted octanol–water partition coefficient (Wildman–Crippen LogP) is 2.28. The summed E-state index contributed by atoms with van der Waals surface area (Å²) in [4.78, 5) is 8.42. The first-order valence-corrected chi connectivity index (χ1v) is 5.96. The van der Waals surface area contributed by atoms with Crippen molar-refractivity contribution in [3.8, 4) is 11.3 Å². The van der Waals surface area contributed by atoms with Gasteiger partial charge >= 0.3 is 0 Å². The van der Waals surface area contributed by atoms with Crippen LogP contribution in [0.15, 0.2) is 17.0 Å². The highest BCUT2D eigenvalue weighted by atomic mass is 32.1. The molecule has 0 amide bonds. The zero-order valence-electron chi connectivity index (χ0n) is 8.23. The summed E-state index contributed by atoms with van der Waals surface area (Å²) in [6.07, 6.45) is 5.22. The molecule has 0 aromatic carbocycles. The number of hydrogen-bond acceptors (Lipinski definition) is 4. The van der Waals surface area contributed by atoms with Gasteiger partial charge in [-0.15, -0.1) is 0 Å².